The first kappa shape index (κ1) is 44.4. The van der Waals surface area contributed by atoms with Gasteiger partial charge >= 0.3 is 0 Å². The second kappa shape index (κ2) is 17.5. The number of benzene rings is 9. The molecule has 0 saturated heterocycles. The van der Waals surface area contributed by atoms with Crippen molar-refractivity contribution in [2.24, 2.45) is 0 Å². The van der Waals surface area contributed by atoms with Gasteiger partial charge in [0.25, 0.3) is 0 Å². The zero-order valence-electron chi connectivity index (χ0n) is 36.3. The lowest BCUT2D eigenvalue weighted by atomic mass is 9.96. The van der Waals surface area contributed by atoms with E-state index >= 15 is 0 Å². The predicted molar refractivity (Wildman–Crippen MR) is 263 cm³/mol. The maximum Gasteiger partial charge on any atom is 0.186 e. The molecule has 0 atom stereocenters. The zero-order valence-corrected chi connectivity index (χ0v) is 36.3. The second-order valence-electron chi connectivity index (χ2n) is 16.0. The molecule has 344 valence electrons. The van der Waals surface area contributed by atoms with E-state index in [9.17, 15) is 61.3 Å². The number of phenols is 12. The molecule has 0 bridgehead atoms. The van der Waals surface area contributed by atoms with E-state index in [2.05, 4.69) is 0 Å². The van der Waals surface area contributed by atoms with Crippen LogP contribution >= 0.6 is 0 Å². The van der Waals surface area contributed by atoms with E-state index in [1.54, 1.807) is 43.4 Å². The number of nitrogens with zero attached hydrogens (tertiary/aromatic N) is 2. The Bertz CT molecular complexity index is 3340. The van der Waals surface area contributed by atoms with E-state index in [0.717, 1.165) is 27.9 Å². The first-order chi connectivity index (χ1) is 33.2. The lowest BCUT2D eigenvalue weighted by Gasteiger charge is -2.31. The zero-order chi connectivity index (χ0) is 48.8. The van der Waals surface area contributed by atoms with Crippen LogP contribution in [0.25, 0.3) is 55.6 Å². The van der Waals surface area contributed by atoms with Crippen molar-refractivity contribution in [1.82, 2.24) is 0 Å². The Balaban J connectivity index is 1.25. The molecule has 0 radical (unpaired) electrons. The van der Waals surface area contributed by atoms with Gasteiger partial charge in [-0.1, -0.05) is 146 Å². The van der Waals surface area contributed by atoms with Gasteiger partial charge in [-0.3, -0.25) is 4.90 Å². The van der Waals surface area contributed by atoms with Crippen LogP contribution in [0.15, 0.2) is 164 Å². The molecular formula is C55H42N2O12. The van der Waals surface area contributed by atoms with E-state index < -0.39 is 103 Å². The molecular weight excluding hydrogens is 881 g/mol. The summed E-state index contributed by atoms with van der Waals surface area (Å²) in [5.41, 5.74) is -0.284. The molecule has 0 aliphatic heterocycles. The summed E-state index contributed by atoms with van der Waals surface area (Å²) >= 11 is 0. The molecule has 14 heteroatoms. The number of anilines is 5. The molecule has 0 fully saturated rings. The maximum absolute atomic E-state index is 12.0. The minimum absolute atomic E-state index is 0.0482. The highest BCUT2D eigenvalue weighted by molar-refractivity contribution is 6.04. The Labute approximate surface area is 393 Å². The van der Waals surface area contributed by atoms with Crippen LogP contribution < -0.4 is 9.80 Å². The SMILES string of the molecule is CN(c1cccc(-c2c(O)c(O)c(N(c3c(O)c(O)c(-c4ccccc4)c(O)c3O)c3c(O)c(O)c(-c4ccc(-c5ccccc5)cc4)c(O)c3O)c(O)c2O)c1)c1ccccc1-c1ccccc1. The topological polar surface area (TPSA) is 249 Å². The van der Waals surface area contributed by atoms with E-state index in [1.165, 1.54) is 42.5 Å². The smallest absolute Gasteiger partial charge is 0.186 e. The van der Waals surface area contributed by atoms with Crippen molar-refractivity contribution in [2.75, 3.05) is 16.8 Å². The lowest BCUT2D eigenvalue weighted by Crippen LogP contribution is -2.13. The van der Waals surface area contributed by atoms with Crippen LogP contribution in [0, 0.1) is 0 Å². The number of hydrogen-bond acceptors (Lipinski definition) is 14. The Morgan fingerprint density at radius 3 is 1.04 bits per heavy atom. The lowest BCUT2D eigenvalue weighted by molar-refractivity contribution is 0.367. The molecule has 69 heavy (non-hydrogen) atoms. The molecule has 0 heterocycles. The van der Waals surface area contributed by atoms with Gasteiger partial charge in [0.1, 0.15) is 17.1 Å². The average molecular weight is 923 g/mol. The largest absolute Gasteiger partial charge is 0.504 e. The molecule has 14 nitrogen and oxygen atoms in total. The molecule has 0 aliphatic rings. The van der Waals surface area contributed by atoms with E-state index in [-0.39, 0.29) is 21.6 Å². The van der Waals surface area contributed by atoms with Gasteiger partial charge in [0.15, 0.2) is 69.0 Å². The third kappa shape index (κ3) is 7.43. The van der Waals surface area contributed by atoms with Gasteiger partial charge in [0.2, 0.25) is 0 Å². The summed E-state index contributed by atoms with van der Waals surface area (Å²) in [7, 11) is 1.79. The van der Waals surface area contributed by atoms with Gasteiger partial charge in [-0.25, -0.2) is 0 Å². The molecule has 0 aromatic heterocycles. The van der Waals surface area contributed by atoms with Crippen LogP contribution in [0.1, 0.15) is 0 Å². The molecule has 0 unspecified atom stereocenters. The summed E-state index contributed by atoms with van der Waals surface area (Å²) < 4.78 is 0. The molecule has 0 spiro atoms. The van der Waals surface area contributed by atoms with Gasteiger partial charge in [-0.15, -0.1) is 0 Å². The van der Waals surface area contributed by atoms with Gasteiger partial charge in [-0.05, 0) is 51.6 Å². The van der Waals surface area contributed by atoms with Crippen molar-refractivity contribution in [3.63, 3.8) is 0 Å². The fourth-order valence-electron chi connectivity index (χ4n) is 8.55. The van der Waals surface area contributed by atoms with Crippen molar-refractivity contribution in [3.8, 4) is 125 Å². The van der Waals surface area contributed by atoms with Crippen molar-refractivity contribution in [3.05, 3.63) is 164 Å². The van der Waals surface area contributed by atoms with Crippen LogP contribution in [0.5, 0.6) is 69.0 Å². The summed E-state index contributed by atoms with van der Waals surface area (Å²) in [6.45, 7) is 0. The summed E-state index contributed by atoms with van der Waals surface area (Å²) in [4.78, 5) is 2.06. The number of rotatable bonds is 10. The first-order valence-electron chi connectivity index (χ1n) is 21.2. The number of para-hydroxylation sites is 1. The van der Waals surface area contributed by atoms with Gasteiger partial charge in [-0.2, -0.15) is 0 Å². The van der Waals surface area contributed by atoms with Crippen molar-refractivity contribution < 1.29 is 61.3 Å². The Morgan fingerprint density at radius 1 is 0.275 bits per heavy atom. The summed E-state index contributed by atoms with van der Waals surface area (Å²) in [6.07, 6.45) is 0. The minimum atomic E-state index is -1.34. The molecule has 0 aliphatic carbocycles. The van der Waals surface area contributed by atoms with Gasteiger partial charge < -0.3 is 66.2 Å². The summed E-state index contributed by atoms with van der Waals surface area (Å²) in [6, 6.07) is 46.5. The maximum atomic E-state index is 12.0. The highest BCUT2D eigenvalue weighted by Crippen LogP contribution is 2.67. The molecule has 12 N–H and O–H groups in total. The normalized spacial score (nSPS) is 11.1. The van der Waals surface area contributed by atoms with Gasteiger partial charge in [0, 0.05) is 24.0 Å². The molecule has 0 amide bonds. The Morgan fingerprint density at radius 2 is 0.594 bits per heavy atom. The minimum Gasteiger partial charge on any atom is -0.504 e. The van der Waals surface area contributed by atoms with Crippen molar-refractivity contribution in [2.45, 2.75) is 0 Å². The third-order valence-corrected chi connectivity index (χ3v) is 12.0. The quantitative estimate of drug-likeness (QED) is 0.0451. The van der Waals surface area contributed by atoms with E-state index in [4.69, 9.17) is 0 Å². The molecule has 0 saturated carbocycles. The standard InChI is InChI=1S/C55H42N2O12/c1-56(37-23-12-11-22-36(37)31-16-7-3-8-17-31)35-21-13-20-34(28-35)40-48(62)54(68)43(55(69)49(40)63)57(41-50(64)44(58)38(45(59)51(41)65)32-18-9-4-10-19-32)42-52(66)46(60)39(47(61)53(42)67)33-26-24-30(25-27-33)29-14-5-2-6-15-29/h2-28,58-69H,1H3. The summed E-state index contributed by atoms with van der Waals surface area (Å²) in [5, 5.41) is 142. The average Bonchev–Trinajstić information content (AvgIpc) is 3.38. The van der Waals surface area contributed by atoms with Crippen molar-refractivity contribution >= 4 is 28.4 Å². The fraction of sp³-hybridized carbons (Fsp3) is 0.0182. The fourth-order valence-corrected chi connectivity index (χ4v) is 8.55. The number of aromatic hydroxyl groups is 12. The van der Waals surface area contributed by atoms with E-state index in [1.807, 2.05) is 89.8 Å². The van der Waals surface area contributed by atoms with Crippen LogP contribution in [-0.2, 0) is 0 Å². The number of hydrogen-bond donors (Lipinski definition) is 12. The number of phenolic OH excluding ortho intramolecular Hbond substituents is 12. The highest BCUT2D eigenvalue weighted by Gasteiger charge is 2.40. The van der Waals surface area contributed by atoms with Crippen LogP contribution in [0.4, 0.5) is 28.4 Å². The Kier molecular flexibility index (Phi) is 11.3. The monoisotopic (exact) mass is 922 g/mol. The molecule has 9 rings (SSSR count). The third-order valence-electron chi connectivity index (χ3n) is 12.0. The summed E-state index contributed by atoms with van der Waals surface area (Å²) in [5.74, 6) is -14.7. The Hall–Kier alpha value is -9.82. The highest BCUT2D eigenvalue weighted by atomic mass is 16.3. The second-order valence-corrected chi connectivity index (χ2v) is 16.0. The van der Waals surface area contributed by atoms with E-state index in [0.29, 0.717) is 5.69 Å². The van der Waals surface area contributed by atoms with Crippen LogP contribution in [0.3, 0.4) is 0 Å². The molecule has 9 aromatic carbocycles. The van der Waals surface area contributed by atoms with Gasteiger partial charge in [0.05, 0.1) is 16.7 Å². The van der Waals surface area contributed by atoms with Crippen LogP contribution in [-0.4, -0.2) is 68.3 Å². The first-order valence-corrected chi connectivity index (χ1v) is 21.2. The predicted octanol–water partition coefficient (Wildman–Crippen LogP) is 11.7. The van der Waals surface area contributed by atoms with Crippen LogP contribution in [0.2, 0.25) is 0 Å². The molecule has 9 aromatic rings. The van der Waals surface area contributed by atoms with Crippen molar-refractivity contribution in [1.29, 1.82) is 0 Å².